The van der Waals surface area contributed by atoms with Crippen molar-refractivity contribution < 1.29 is 112 Å². The SMILES string of the molecule is CC[C@H](C)[C@H](NC(=O)[C@@H]1CCCN1C(=O)[C@H](CCC(=O)O)NC(=O)[C@H](Cc1ccc(O)cc1)NC(=O)CCC(=O)O)C(=O)N1CCC[C@H]1C(=O)N[C@@H](CCC(=O)O)C(=O)N[C@@H](CCC(=O)O)C(=O)N[C@@H](Cc1ccc(N)cc1)C(=O)N[C@@H](CC(C)C)C(=O)N[C@H](CCC(=O)O)C(=O)O. The summed E-state index contributed by atoms with van der Waals surface area (Å²) in [6, 6.07) is -4.01. The Morgan fingerprint density at radius 2 is 0.827 bits per heavy atom. The minimum atomic E-state index is -1.83. The molecule has 17 N–H and O–H groups in total. The summed E-state index contributed by atoms with van der Waals surface area (Å²) in [6.07, 6.45) is -6.14. The highest BCUT2D eigenvalue weighted by molar-refractivity contribution is 6.00. The number of carbonyl (C=O) groups is 16. The molecule has 10 amide bonds. The molecule has 2 fully saturated rings. The van der Waals surface area contributed by atoms with E-state index in [0.29, 0.717) is 16.8 Å². The van der Waals surface area contributed by atoms with Crippen molar-refractivity contribution in [3.63, 3.8) is 0 Å². The van der Waals surface area contributed by atoms with Crippen LogP contribution in [0.1, 0.15) is 142 Å². The van der Waals surface area contributed by atoms with Crippen LogP contribution in [0.3, 0.4) is 0 Å². The van der Waals surface area contributed by atoms with Crippen molar-refractivity contribution in [1.29, 1.82) is 0 Å². The molecule has 2 aliphatic rings. The number of phenolic OH excluding ortho intramolecular Hbond substituents is 1. The van der Waals surface area contributed by atoms with Crippen LogP contribution in [0.5, 0.6) is 5.75 Å². The summed E-state index contributed by atoms with van der Waals surface area (Å²) in [7, 11) is 0. The number of nitrogens with one attached hydrogen (secondary N) is 8. The summed E-state index contributed by atoms with van der Waals surface area (Å²) < 4.78 is 0. The van der Waals surface area contributed by atoms with Gasteiger partial charge in [0.2, 0.25) is 59.1 Å². The summed E-state index contributed by atoms with van der Waals surface area (Å²) in [4.78, 5) is 214. The number of carboxylic acid groups (broad SMARTS) is 6. The zero-order valence-corrected chi connectivity index (χ0v) is 54.8. The van der Waals surface area contributed by atoms with Gasteiger partial charge in [-0.15, -0.1) is 0 Å². The molecule has 0 unspecified atom stereocenters. The van der Waals surface area contributed by atoms with E-state index < -0.39 is 225 Å². The number of carboxylic acids is 6. The molecule has 0 aromatic heterocycles. The van der Waals surface area contributed by atoms with Gasteiger partial charge in [-0.3, -0.25) is 71.9 Å². The zero-order chi connectivity index (χ0) is 73.1. The Kier molecular flexibility index (Phi) is 31.8. The minimum Gasteiger partial charge on any atom is -0.508 e. The number of aliphatic carboxylic acids is 6. The molecule has 0 bridgehead atoms. The molecule has 0 aliphatic carbocycles. The number of phenols is 1. The molecular weight excluding hydrogens is 1290 g/mol. The number of aromatic hydroxyl groups is 1. The average molecular weight is 1380 g/mol. The molecule has 0 spiro atoms. The number of benzene rings is 2. The third-order valence-electron chi connectivity index (χ3n) is 16.5. The van der Waals surface area contributed by atoms with Crippen LogP contribution in [0, 0.1) is 11.8 Å². The number of hydrogen-bond donors (Lipinski definition) is 16. The lowest BCUT2D eigenvalue weighted by Gasteiger charge is -2.34. The Bertz CT molecular complexity index is 3220. The molecule has 2 heterocycles. The van der Waals surface area contributed by atoms with Crippen molar-refractivity contribution in [2.24, 2.45) is 11.8 Å². The van der Waals surface area contributed by atoms with E-state index in [1.54, 1.807) is 27.7 Å². The van der Waals surface area contributed by atoms with Gasteiger partial charge in [-0.2, -0.15) is 0 Å². The Balaban J connectivity index is 1.59. The number of amides is 10. The molecule has 2 aromatic rings. The number of rotatable bonds is 41. The van der Waals surface area contributed by atoms with Crippen molar-refractivity contribution in [2.75, 3.05) is 18.8 Å². The van der Waals surface area contributed by atoms with Gasteiger partial charge in [0.05, 0.1) is 6.42 Å². The van der Waals surface area contributed by atoms with Gasteiger partial charge < -0.3 is 93.8 Å². The van der Waals surface area contributed by atoms with E-state index in [1.807, 2.05) is 0 Å². The number of nitrogens with zero attached hydrogens (tertiary/aromatic N) is 2. The lowest BCUT2D eigenvalue weighted by Crippen LogP contribution is -2.61. The van der Waals surface area contributed by atoms with Crippen molar-refractivity contribution in [3.05, 3.63) is 59.7 Å². The fourth-order valence-corrected chi connectivity index (χ4v) is 11.0. The van der Waals surface area contributed by atoms with Crippen molar-refractivity contribution in [1.82, 2.24) is 52.3 Å². The Morgan fingerprint density at radius 3 is 1.30 bits per heavy atom. The first-order valence-corrected chi connectivity index (χ1v) is 32.1. The molecule has 2 aliphatic heterocycles. The van der Waals surface area contributed by atoms with Crippen molar-refractivity contribution in [3.8, 4) is 5.75 Å². The van der Waals surface area contributed by atoms with E-state index >= 15 is 0 Å². The van der Waals surface area contributed by atoms with E-state index in [1.165, 1.54) is 48.5 Å². The molecule has 0 saturated carbocycles. The fourth-order valence-electron chi connectivity index (χ4n) is 11.0. The summed E-state index contributed by atoms with van der Waals surface area (Å²) >= 11 is 0. The first kappa shape index (κ1) is 80.0. The minimum absolute atomic E-state index is 0.0200. The van der Waals surface area contributed by atoms with Gasteiger partial charge in [-0.05, 0) is 105 Å². The smallest absolute Gasteiger partial charge is 0.326 e. The molecule has 2 saturated heterocycles. The third-order valence-corrected chi connectivity index (χ3v) is 16.5. The lowest BCUT2D eigenvalue weighted by atomic mass is 9.96. The highest BCUT2D eigenvalue weighted by Crippen LogP contribution is 2.25. The normalized spacial score (nSPS) is 16.9. The van der Waals surface area contributed by atoms with E-state index in [2.05, 4.69) is 42.5 Å². The van der Waals surface area contributed by atoms with E-state index in [9.17, 15) is 102 Å². The Hall–Kier alpha value is -10.4. The van der Waals surface area contributed by atoms with Crippen LogP contribution in [0.15, 0.2) is 48.5 Å². The number of likely N-dealkylation sites (tertiary alicyclic amines) is 2. The van der Waals surface area contributed by atoms with Gasteiger partial charge >= 0.3 is 35.8 Å². The lowest BCUT2D eigenvalue weighted by molar-refractivity contribution is -0.146. The van der Waals surface area contributed by atoms with Gasteiger partial charge in [-0.1, -0.05) is 58.4 Å². The maximum Gasteiger partial charge on any atom is 0.326 e. The number of hydrogen-bond acceptors (Lipinski definition) is 18. The molecule has 34 nitrogen and oxygen atoms in total. The number of nitrogen functional groups attached to an aromatic ring is 1. The van der Waals surface area contributed by atoms with E-state index in [4.69, 9.17) is 15.9 Å². The first-order valence-electron chi connectivity index (χ1n) is 32.1. The van der Waals surface area contributed by atoms with Gasteiger partial charge in [0.1, 0.15) is 66.2 Å². The molecule has 98 heavy (non-hydrogen) atoms. The highest BCUT2D eigenvalue weighted by atomic mass is 16.4. The van der Waals surface area contributed by atoms with Crippen LogP contribution in [0.4, 0.5) is 5.69 Å². The van der Waals surface area contributed by atoms with Gasteiger partial charge in [0.15, 0.2) is 0 Å². The maximum atomic E-state index is 14.8. The molecule has 0 radical (unpaired) electrons. The number of nitrogens with two attached hydrogens (primary N) is 1. The summed E-state index contributed by atoms with van der Waals surface area (Å²) in [5.41, 5.74) is 7.01. The Labute approximate surface area is 563 Å². The summed E-state index contributed by atoms with van der Waals surface area (Å²) in [5.74, 6) is -19.2. The molecule has 34 heteroatoms. The van der Waals surface area contributed by atoms with Crippen LogP contribution in [0.25, 0.3) is 0 Å². The van der Waals surface area contributed by atoms with Crippen LogP contribution in [0.2, 0.25) is 0 Å². The first-order chi connectivity index (χ1) is 46.2. The quantitative estimate of drug-likeness (QED) is 0.0360. The molecule has 11 atom stereocenters. The topological polar surface area (TPSA) is 543 Å². The van der Waals surface area contributed by atoms with Crippen LogP contribution in [-0.4, -0.2) is 214 Å². The highest BCUT2D eigenvalue weighted by Gasteiger charge is 2.44. The molecule has 538 valence electrons. The van der Waals surface area contributed by atoms with Crippen LogP contribution in [-0.2, 0) is 89.6 Å². The zero-order valence-electron chi connectivity index (χ0n) is 54.8. The molecular formula is C64H89N11O23. The molecule has 2 aromatic carbocycles. The number of carbonyl (C=O) groups excluding carboxylic acids is 10. The summed E-state index contributed by atoms with van der Waals surface area (Å²) in [5, 5.41) is 86.8. The average Bonchev–Trinajstić information content (AvgIpc) is 1.61. The van der Waals surface area contributed by atoms with Gasteiger partial charge in [0, 0.05) is 63.7 Å². The van der Waals surface area contributed by atoms with E-state index in [0.717, 1.165) is 9.80 Å². The monoisotopic (exact) mass is 1380 g/mol. The predicted molar refractivity (Wildman–Crippen MR) is 342 cm³/mol. The second kappa shape index (κ2) is 38.9. The van der Waals surface area contributed by atoms with Crippen molar-refractivity contribution >= 4 is 101 Å². The third kappa shape index (κ3) is 26.3. The predicted octanol–water partition coefficient (Wildman–Crippen LogP) is -0.879. The van der Waals surface area contributed by atoms with Gasteiger partial charge in [0.25, 0.3) is 0 Å². The largest absolute Gasteiger partial charge is 0.508 e. The van der Waals surface area contributed by atoms with Crippen LogP contribution < -0.4 is 48.3 Å². The second-order valence-electron chi connectivity index (χ2n) is 24.6. The second-order valence-corrected chi connectivity index (χ2v) is 24.6. The Morgan fingerprint density at radius 1 is 0.449 bits per heavy atom. The van der Waals surface area contributed by atoms with E-state index in [-0.39, 0.29) is 76.1 Å². The van der Waals surface area contributed by atoms with Gasteiger partial charge in [-0.25, -0.2) is 4.79 Å². The summed E-state index contributed by atoms with van der Waals surface area (Å²) in [6.45, 7) is 6.56. The van der Waals surface area contributed by atoms with Crippen molar-refractivity contribution in [2.45, 2.75) is 204 Å². The molecule has 4 rings (SSSR count). The van der Waals surface area contributed by atoms with Crippen LogP contribution >= 0.6 is 0 Å². The fraction of sp³-hybridized carbons (Fsp3) is 0.562. The standard InChI is InChI=1S/C64H89N11O23/c1-5-34(4)54(73-61(94)47-9-6-28-74(47)62(95)41(20-25-51(82)83)69-58(91)44(66-48(77)22-27-53(86)87)31-36-12-16-38(76)17-13-36)63(96)75-29-7-8-46(75)60(93)68-40(19-24-50(80)81)55(88)67-39(18-23-49(78)79)56(89)72-45(32-35-10-14-37(65)15-11-35)59(92)71-43(30-33(2)3)57(90)70-42(64(97)98)21-26-52(84)85/h10-17,33-34,39-47,54,76H,5-9,18-32,65H2,1-4H3,(H,66,77)(H,67,88)(H,68,93)(H,69,91)(H,70,90)(H,71,92)(H,72,89)(H,73,94)(H,78,79)(H,80,81)(H,82,83)(H,84,85)(H,86,87)(H,97,98)/t34-,39-,40-,41-,42+,43-,44-,45-,46-,47-,54-/m0/s1. The number of anilines is 1. The maximum absolute atomic E-state index is 14.8.